The Kier molecular flexibility index (Phi) is 21.5. The highest BCUT2D eigenvalue weighted by Crippen LogP contribution is 2.14. The molecule has 0 aliphatic heterocycles. The maximum absolute atomic E-state index is 3.90. The van der Waals surface area contributed by atoms with E-state index in [9.17, 15) is 0 Å². The first-order valence-corrected chi connectivity index (χ1v) is 10.6. The number of hydrogen-bond acceptors (Lipinski definition) is 0. The van der Waals surface area contributed by atoms with Crippen LogP contribution in [0.4, 0.5) is 0 Å². The smallest absolute Gasteiger partial charge is 0.0351 e. The van der Waals surface area contributed by atoms with Crippen molar-refractivity contribution in [3.05, 3.63) is 26.0 Å². The molecule has 0 heteroatoms. The fourth-order valence-electron chi connectivity index (χ4n) is 3.15. The predicted molar refractivity (Wildman–Crippen MR) is 108 cm³/mol. The lowest BCUT2D eigenvalue weighted by molar-refractivity contribution is 0.528. The normalized spacial score (nSPS) is 11.6. The van der Waals surface area contributed by atoms with Crippen molar-refractivity contribution >= 4 is 0 Å². The second-order valence-corrected chi connectivity index (χ2v) is 7.06. The predicted octanol–water partition coefficient (Wildman–Crippen LogP) is 8.62. The minimum absolute atomic E-state index is 0.941. The van der Waals surface area contributed by atoms with Gasteiger partial charge in [0, 0.05) is 0 Å². The third-order valence-electron chi connectivity index (χ3n) is 4.70. The van der Waals surface area contributed by atoms with Crippen LogP contribution in [0.3, 0.4) is 0 Å². The molecule has 0 aliphatic carbocycles. The van der Waals surface area contributed by atoms with Gasteiger partial charge in [-0.2, -0.15) is 0 Å². The molecule has 0 bridgehead atoms. The van der Waals surface area contributed by atoms with Crippen molar-refractivity contribution in [3.63, 3.8) is 0 Å². The molecule has 0 saturated carbocycles. The molecule has 0 aromatic rings. The number of hydrogen-bond donors (Lipinski definition) is 0. The summed E-state index contributed by atoms with van der Waals surface area (Å²) in [5.74, 6) is 0. The summed E-state index contributed by atoms with van der Waals surface area (Å²) in [5.41, 5.74) is 0. The Labute approximate surface area is 148 Å². The lowest BCUT2D eigenvalue weighted by atomic mass is 10.0. The van der Waals surface area contributed by atoms with Gasteiger partial charge in [-0.1, -0.05) is 122 Å². The van der Waals surface area contributed by atoms with E-state index >= 15 is 0 Å². The molecule has 0 fully saturated rings. The number of rotatable bonds is 19. The van der Waals surface area contributed by atoms with Crippen molar-refractivity contribution < 1.29 is 0 Å². The molecule has 0 unspecified atom stereocenters. The third-order valence-corrected chi connectivity index (χ3v) is 4.70. The summed E-state index contributed by atoms with van der Waals surface area (Å²) in [7, 11) is 0. The van der Waals surface area contributed by atoms with Crippen LogP contribution in [0.2, 0.25) is 0 Å². The van der Waals surface area contributed by atoms with Crippen LogP contribution in [-0.4, -0.2) is 0 Å². The van der Waals surface area contributed by atoms with Gasteiger partial charge in [-0.3, -0.25) is 0 Å². The van der Waals surface area contributed by atoms with Gasteiger partial charge in [0.1, 0.15) is 0 Å². The van der Waals surface area contributed by atoms with Gasteiger partial charge in [0.2, 0.25) is 0 Å². The Bertz CT molecular complexity index is 216. The molecule has 2 radical (unpaired) electrons. The second kappa shape index (κ2) is 21.7. The van der Waals surface area contributed by atoms with Gasteiger partial charge >= 0.3 is 0 Å². The van der Waals surface area contributed by atoms with Gasteiger partial charge in [0.05, 0.1) is 0 Å². The molecule has 136 valence electrons. The zero-order chi connectivity index (χ0) is 16.8. The first-order chi connectivity index (χ1) is 11.4. The average Bonchev–Trinajstić information content (AvgIpc) is 2.57. The van der Waals surface area contributed by atoms with Crippen molar-refractivity contribution in [2.75, 3.05) is 0 Å². The first kappa shape index (κ1) is 22.7. The molecular formula is C23H44. The highest BCUT2D eigenvalue weighted by atomic mass is 14.0. The summed E-state index contributed by atoms with van der Waals surface area (Å²) in [4.78, 5) is 0. The van der Waals surface area contributed by atoms with E-state index in [0.717, 1.165) is 12.8 Å². The van der Waals surface area contributed by atoms with Gasteiger partial charge in [0.25, 0.3) is 0 Å². The van der Waals surface area contributed by atoms with Crippen LogP contribution in [0.1, 0.15) is 122 Å². The van der Waals surface area contributed by atoms with E-state index in [0.29, 0.717) is 0 Å². The molecule has 0 aromatic heterocycles. The highest BCUT2D eigenvalue weighted by Gasteiger charge is 1.94. The maximum Gasteiger partial charge on any atom is -0.0351 e. The fraction of sp³-hybridized carbons (Fsp3) is 0.826. The standard InChI is InChI=1S/C23H44/c1-3-5-7-9-11-13-15-17-19-21-23-22-20-18-16-14-12-10-8-6-4-2/h5,7H,1-4,6,8-23H2/b7-5+. The van der Waals surface area contributed by atoms with Crippen LogP contribution < -0.4 is 0 Å². The highest BCUT2D eigenvalue weighted by molar-refractivity contribution is 4.81. The fourth-order valence-corrected chi connectivity index (χ4v) is 3.15. The molecular weight excluding hydrogens is 276 g/mol. The minimum Gasteiger partial charge on any atom is -0.0885 e. The van der Waals surface area contributed by atoms with Crippen LogP contribution in [0.15, 0.2) is 12.2 Å². The molecule has 0 heterocycles. The lowest BCUT2D eigenvalue weighted by Gasteiger charge is -2.03. The zero-order valence-electron chi connectivity index (χ0n) is 16.0. The van der Waals surface area contributed by atoms with Crippen molar-refractivity contribution in [3.8, 4) is 0 Å². The van der Waals surface area contributed by atoms with Crippen LogP contribution in [0.25, 0.3) is 0 Å². The van der Waals surface area contributed by atoms with Crippen molar-refractivity contribution in [1.29, 1.82) is 0 Å². The van der Waals surface area contributed by atoms with Gasteiger partial charge in [0.15, 0.2) is 0 Å². The van der Waals surface area contributed by atoms with E-state index in [-0.39, 0.29) is 0 Å². The maximum atomic E-state index is 3.90. The summed E-state index contributed by atoms with van der Waals surface area (Å²) < 4.78 is 0. The van der Waals surface area contributed by atoms with Crippen LogP contribution >= 0.6 is 0 Å². The average molecular weight is 321 g/mol. The summed E-state index contributed by atoms with van der Waals surface area (Å²) in [6.07, 6.45) is 30.8. The van der Waals surface area contributed by atoms with Crippen molar-refractivity contribution in [1.82, 2.24) is 0 Å². The monoisotopic (exact) mass is 320 g/mol. The molecule has 0 saturated heterocycles. The van der Waals surface area contributed by atoms with E-state index in [1.165, 1.54) is 109 Å². The van der Waals surface area contributed by atoms with E-state index in [4.69, 9.17) is 0 Å². The Balaban J connectivity index is 2.96. The quantitative estimate of drug-likeness (QED) is 0.165. The van der Waals surface area contributed by atoms with Crippen molar-refractivity contribution in [2.45, 2.75) is 122 Å². The van der Waals surface area contributed by atoms with Crippen molar-refractivity contribution in [2.24, 2.45) is 0 Å². The summed E-state index contributed by atoms with van der Waals surface area (Å²) in [6, 6.07) is 0. The van der Waals surface area contributed by atoms with E-state index in [1.54, 1.807) is 0 Å². The molecule has 0 amide bonds. The molecule has 0 nitrogen and oxygen atoms in total. The molecule has 0 N–H and O–H groups in total. The molecule has 23 heavy (non-hydrogen) atoms. The van der Waals surface area contributed by atoms with Crippen LogP contribution in [0, 0.1) is 13.8 Å². The lowest BCUT2D eigenvalue weighted by Crippen LogP contribution is -1.83. The van der Waals surface area contributed by atoms with E-state index < -0.39 is 0 Å². The topological polar surface area (TPSA) is 0 Å². The summed E-state index contributed by atoms with van der Waals surface area (Å²) in [6.45, 7) is 7.71. The number of allylic oxidation sites excluding steroid dienone is 2. The Hall–Kier alpha value is -0.260. The molecule has 0 rings (SSSR count). The van der Waals surface area contributed by atoms with Crippen LogP contribution in [-0.2, 0) is 0 Å². The minimum atomic E-state index is 0.941. The molecule has 0 spiro atoms. The molecule has 0 aliphatic rings. The largest absolute Gasteiger partial charge is 0.0885 e. The van der Waals surface area contributed by atoms with Crippen LogP contribution in [0.5, 0.6) is 0 Å². The molecule has 0 atom stereocenters. The second-order valence-electron chi connectivity index (χ2n) is 7.06. The first-order valence-electron chi connectivity index (χ1n) is 10.6. The third kappa shape index (κ3) is 21.7. The Morgan fingerprint density at radius 2 is 0.739 bits per heavy atom. The van der Waals surface area contributed by atoms with Gasteiger partial charge in [-0.05, 0) is 26.2 Å². The van der Waals surface area contributed by atoms with Gasteiger partial charge in [-0.25, -0.2) is 0 Å². The Morgan fingerprint density at radius 3 is 1.09 bits per heavy atom. The van der Waals surface area contributed by atoms with E-state index in [2.05, 4.69) is 26.0 Å². The van der Waals surface area contributed by atoms with E-state index in [1.807, 2.05) is 0 Å². The SMILES string of the molecule is [CH2]C/C=C/CCCCCCCCCCCCCCCCCC[CH2]. The molecule has 0 aromatic carbocycles. The number of unbranched alkanes of at least 4 members (excludes halogenated alkanes) is 17. The summed E-state index contributed by atoms with van der Waals surface area (Å²) in [5, 5.41) is 0. The van der Waals surface area contributed by atoms with Gasteiger partial charge in [-0.15, -0.1) is 0 Å². The summed E-state index contributed by atoms with van der Waals surface area (Å²) >= 11 is 0. The zero-order valence-corrected chi connectivity index (χ0v) is 16.0. The Morgan fingerprint density at radius 1 is 0.391 bits per heavy atom. The van der Waals surface area contributed by atoms with Gasteiger partial charge < -0.3 is 0 Å².